The van der Waals surface area contributed by atoms with Gasteiger partial charge in [0.2, 0.25) is 5.91 Å². The molecule has 1 saturated heterocycles. The molecule has 1 fully saturated rings. The Balaban J connectivity index is 1.77. The van der Waals surface area contributed by atoms with Crippen molar-refractivity contribution >= 4 is 40.6 Å². The molecule has 106 valence electrons. The number of nitrogens with zero attached hydrogens (tertiary/aromatic N) is 1. The van der Waals surface area contributed by atoms with Crippen LogP contribution in [0.5, 0.6) is 0 Å². The molecule has 1 atom stereocenters. The Bertz CT molecular complexity index is 427. The fourth-order valence-electron chi connectivity index (χ4n) is 1.89. The molecule has 1 N–H and O–H groups in total. The van der Waals surface area contributed by atoms with E-state index in [0.29, 0.717) is 25.5 Å². The zero-order valence-electron chi connectivity index (χ0n) is 10.4. The Hall–Kier alpha value is -0.270. The molecule has 0 aliphatic carbocycles. The zero-order chi connectivity index (χ0) is 13.7. The summed E-state index contributed by atoms with van der Waals surface area (Å²) >= 11 is 8.97. The van der Waals surface area contributed by atoms with Crippen LogP contribution >= 0.6 is 34.7 Å². The summed E-state index contributed by atoms with van der Waals surface area (Å²) in [4.78, 5) is 15.0. The van der Waals surface area contributed by atoms with Gasteiger partial charge >= 0.3 is 0 Å². The minimum atomic E-state index is -0.196. The second kappa shape index (κ2) is 7.50. The molecule has 0 spiro atoms. The van der Waals surface area contributed by atoms with Crippen molar-refractivity contribution in [1.82, 2.24) is 4.90 Å². The van der Waals surface area contributed by atoms with Crippen LogP contribution in [0.25, 0.3) is 0 Å². The molecule has 2 rings (SSSR count). The molecule has 1 aliphatic rings. The monoisotopic (exact) mass is 321 g/mol. The number of carbonyl (C=O) groups is 1. The van der Waals surface area contributed by atoms with Crippen LogP contribution in [0, 0.1) is 0 Å². The Morgan fingerprint density at radius 2 is 2.47 bits per heavy atom. The molecule has 0 bridgehead atoms. The topological polar surface area (TPSA) is 49.8 Å². The van der Waals surface area contributed by atoms with Crippen LogP contribution in [0.1, 0.15) is 4.88 Å². The van der Waals surface area contributed by atoms with E-state index < -0.39 is 0 Å². The number of thiophene rings is 1. The minimum absolute atomic E-state index is 0.0447. The van der Waals surface area contributed by atoms with Crippen molar-refractivity contribution in [2.24, 2.45) is 0 Å². The van der Waals surface area contributed by atoms with Crippen LogP contribution in [-0.2, 0) is 15.3 Å². The maximum Gasteiger partial charge on any atom is 0.233 e. The third kappa shape index (κ3) is 4.36. The molecule has 1 aromatic heterocycles. The molecule has 1 aliphatic heterocycles. The molecule has 1 aromatic rings. The normalized spacial score (nSPS) is 19.7. The summed E-state index contributed by atoms with van der Waals surface area (Å²) in [5, 5.41) is 9.22. The van der Waals surface area contributed by atoms with Crippen LogP contribution in [0.15, 0.2) is 12.1 Å². The Morgan fingerprint density at radius 3 is 3.16 bits per heavy atom. The van der Waals surface area contributed by atoms with E-state index in [9.17, 15) is 9.90 Å². The molecule has 19 heavy (non-hydrogen) atoms. The highest BCUT2D eigenvalue weighted by Gasteiger charge is 2.26. The highest BCUT2D eigenvalue weighted by atomic mass is 35.5. The highest BCUT2D eigenvalue weighted by molar-refractivity contribution is 7.99. The van der Waals surface area contributed by atoms with Gasteiger partial charge in [-0.2, -0.15) is 0 Å². The molecule has 1 unspecified atom stereocenters. The van der Waals surface area contributed by atoms with Crippen molar-refractivity contribution in [3.05, 3.63) is 21.3 Å². The lowest BCUT2D eigenvalue weighted by atomic mass is 10.2. The molecule has 0 aromatic carbocycles. The lowest BCUT2D eigenvalue weighted by Crippen LogP contribution is -2.51. The maximum atomic E-state index is 12.1. The largest absolute Gasteiger partial charge is 0.394 e. The van der Waals surface area contributed by atoms with Crippen LogP contribution in [0.2, 0.25) is 4.34 Å². The number of aliphatic hydroxyl groups is 1. The van der Waals surface area contributed by atoms with E-state index in [1.54, 1.807) is 16.7 Å². The maximum absolute atomic E-state index is 12.1. The lowest BCUT2D eigenvalue weighted by Gasteiger charge is -2.34. The molecule has 1 amide bonds. The average Bonchev–Trinajstić information content (AvgIpc) is 2.84. The van der Waals surface area contributed by atoms with Gasteiger partial charge in [0.1, 0.15) is 0 Å². The summed E-state index contributed by atoms with van der Waals surface area (Å²) < 4.78 is 6.03. The van der Waals surface area contributed by atoms with E-state index in [1.807, 2.05) is 12.1 Å². The first-order chi connectivity index (χ1) is 9.20. The van der Waals surface area contributed by atoms with E-state index in [2.05, 4.69) is 0 Å². The van der Waals surface area contributed by atoms with E-state index in [-0.39, 0.29) is 18.6 Å². The summed E-state index contributed by atoms with van der Waals surface area (Å²) in [6, 6.07) is 3.65. The van der Waals surface area contributed by atoms with Crippen LogP contribution in [-0.4, -0.2) is 54.1 Å². The van der Waals surface area contributed by atoms with Gasteiger partial charge in [0, 0.05) is 17.2 Å². The van der Waals surface area contributed by atoms with Gasteiger partial charge < -0.3 is 14.7 Å². The zero-order valence-corrected chi connectivity index (χ0v) is 12.8. The van der Waals surface area contributed by atoms with E-state index in [0.717, 1.165) is 10.1 Å². The number of rotatable bonds is 5. The second-order valence-electron chi connectivity index (χ2n) is 4.20. The van der Waals surface area contributed by atoms with Crippen molar-refractivity contribution < 1.29 is 14.6 Å². The molecule has 7 heteroatoms. The SMILES string of the molecule is O=C(CSCc1ccc(Cl)s1)N1CCOCC1CO. The molecular weight excluding hydrogens is 306 g/mol. The number of ether oxygens (including phenoxy) is 1. The summed E-state index contributed by atoms with van der Waals surface area (Å²) in [5.74, 6) is 1.28. The predicted octanol–water partition coefficient (Wildman–Crippen LogP) is 1.85. The van der Waals surface area contributed by atoms with Gasteiger partial charge in [-0.1, -0.05) is 11.6 Å². The second-order valence-corrected chi connectivity index (χ2v) is 6.98. The average molecular weight is 322 g/mol. The Labute approximate surface area is 125 Å². The first-order valence-electron chi connectivity index (χ1n) is 6.00. The first kappa shape index (κ1) is 15.1. The van der Waals surface area contributed by atoms with Crippen LogP contribution in [0.3, 0.4) is 0 Å². The van der Waals surface area contributed by atoms with Gasteiger partial charge in [0.25, 0.3) is 0 Å². The van der Waals surface area contributed by atoms with Gasteiger partial charge in [-0.05, 0) is 12.1 Å². The number of halogens is 1. The van der Waals surface area contributed by atoms with Gasteiger partial charge in [0.15, 0.2) is 0 Å². The predicted molar refractivity (Wildman–Crippen MR) is 78.9 cm³/mol. The van der Waals surface area contributed by atoms with Crippen molar-refractivity contribution in [1.29, 1.82) is 0 Å². The van der Waals surface area contributed by atoms with Gasteiger partial charge in [-0.25, -0.2) is 0 Å². The summed E-state index contributed by atoms with van der Waals surface area (Å²) in [6.07, 6.45) is 0. The quantitative estimate of drug-likeness (QED) is 0.899. The Morgan fingerprint density at radius 1 is 1.63 bits per heavy atom. The van der Waals surface area contributed by atoms with Gasteiger partial charge in [0.05, 0.1) is 36.0 Å². The molecular formula is C12H16ClNO3S2. The van der Waals surface area contributed by atoms with Gasteiger partial charge in [-0.3, -0.25) is 4.79 Å². The molecule has 2 heterocycles. The van der Waals surface area contributed by atoms with Gasteiger partial charge in [-0.15, -0.1) is 23.1 Å². The van der Waals surface area contributed by atoms with E-state index >= 15 is 0 Å². The number of carbonyl (C=O) groups excluding carboxylic acids is 1. The van der Waals surface area contributed by atoms with Crippen LogP contribution in [0.4, 0.5) is 0 Å². The number of hydrogen-bond donors (Lipinski definition) is 1. The van der Waals surface area contributed by atoms with Crippen molar-refractivity contribution in [3.8, 4) is 0 Å². The number of aliphatic hydroxyl groups excluding tert-OH is 1. The summed E-state index contributed by atoms with van der Waals surface area (Å²) in [5.41, 5.74) is 0. The smallest absolute Gasteiger partial charge is 0.233 e. The first-order valence-corrected chi connectivity index (χ1v) is 8.35. The standard InChI is InChI=1S/C12H16ClNO3S2/c13-11-2-1-10(19-11)7-18-8-12(16)14-3-4-17-6-9(14)5-15/h1-2,9,15H,3-8H2. The van der Waals surface area contributed by atoms with Crippen molar-refractivity contribution in [2.45, 2.75) is 11.8 Å². The lowest BCUT2D eigenvalue weighted by molar-refractivity contribution is -0.138. The fourth-order valence-corrected chi connectivity index (χ4v) is 3.99. The number of morpholine rings is 1. The number of thioether (sulfide) groups is 1. The van der Waals surface area contributed by atoms with Crippen molar-refractivity contribution in [3.63, 3.8) is 0 Å². The molecule has 0 saturated carbocycles. The number of amides is 1. The third-order valence-electron chi connectivity index (χ3n) is 2.86. The summed E-state index contributed by atoms with van der Waals surface area (Å²) in [6.45, 7) is 1.49. The fraction of sp³-hybridized carbons (Fsp3) is 0.583. The molecule has 0 radical (unpaired) electrons. The van der Waals surface area contributed by atoms with E-state index in [4.69, 9.17) is 16.3 Å². The highest BCUT2D eigenvalue weighted by Crippen LogP contribution is 2.25. The van der Waals surface area contributed by atoms with Crippen LogP contribution < -0.4 is 0 Å². The molecule has 4 nitrogen and oxygen atoms in total. The minimum Gasteiger partial charge on any atom is -0.394 e. The van der Waals surface area contributed by atoms with Crippen molar-refractivity contribution in [2.75, 3.05) is 32.1 Å². The Kier molecular flexibility index (Phi) is 5.97. The summed E-state index contributed by atoms with van der Waals surface area (Å²) in [7, 11) is 0. The van der Waals surface area contributed by atoms with E-state index in [1.165, 1.54) is 16.2 Å². The number of hydrogen-bond acceptors (Lipinski definition) is 5. The third-order valence-corrected chi connectivity index (χ3v) is 5.24.